The lowest BCUT2D eigenvalue weighted by molar-refractivity contribution is -0.139. The van der Waals surface area contributed by atoms with Crippen molar-refractivity contribution in [2.24, 2.45) is 0 Å². The van der Waals surface area contributed by atoms with Gasteiger partial charge in [-0.25, -0.2) is 9.59 Å². The van der Waals surface area contributed by atoms with Gasteiger partial charge in [-0.15, -0.1) is 0 Å². The maximum absolute atomic E-state index is 11.8. The Hall–Kier alpha value is -3.09. The Bertz CT molecular complexity index is 684. The van der Waals surface area contributed by atoms with Crippen LogP contribution in [-0.4, -0.2) is 23.6 Å². The van der Waals surface area contributed by atoms with E-state index in [4.69, 9.17) is 9.84 Å². The molecule has 0 bridgehead atoms. The maximum Gasteiger partial charge on any atom is 0.341 e. The van der Waals surface area contributed by atoms with Gasteiger partial charge in [-0.2, -0.15) is 0 Å². The summed E-state index contributed by atoms with van der Waals surface area (Å²) in [6.45, 7) is -0.436. The second-order valence-electron chi connectivity index (χ2n) is 4.00. The van der Waals surface area contributed by atoms with Crippen molar-refractivity contribution >= 4 is 17.6 Å². The van der Waals surface area contributed by atoms with E-state index in [2.05, 4.69) is 9.73 Å². The molecule has 108 valence electrons. The molecule has 1 amide bonds. The molecule has 0 unspecified atom stereocenters. The van der Waals surface area contributed by atoms with Crippen LogP contribution >= 0.6 is 0 Å². The van der Waals surface area contributed by atoms with Gasteiger partial charge >= 0.3 is 11.6 Å². The molecule has 2 N–H and O–H groups in total. The van der Waals surface area contributed by atoms with Crippen LogP contribution in [0.2, 0.25) is 0 Å². The number of hydrogen-bond acceptors (Lipinski definition) is 5. The van der Waals surface area contributed by atoms with E-state index in [1.807, 2.05) is 0 Å². The molecule has 0 aliphatic carbocycles. The summed E-state index contributed by atoms with van der Waals surface area (Å²) >= 11 is 0. The molecule has 0 aliphatic heterocycles. The third kappa shape index (κ3) is 4.20. The molecule has 0 fully saturated rings. The first-order valence-corrected chi connectivity index (χ1v) is 5.89. The number of ether oxygens (including phenoxy) is 1. The fraction of sp³-hybridized carbons (Fsp3) is 0.0714. The van der Waals surface area contributed by atoms with Crippen LogP contribution in [0.15, 0.2) is 51.9 Å². The predicted molar refractivity (Wildman–Crippen MR) is 72.5 cm³/mol. The Labute approximate surface area is 118 Å². The van der Waals surface area contributed by atoms with Crippen molar-refractivity contribution in [3.05, 3.63) is 58.6 Å². The summed E-state index contributed by atoms with van der Waals surface area (Å²) in [5.41, 5.74) is 0.168. The van der Waals surface area contributed by atoms with Crippen LogP contribution in [0, 0.1) is 0 Å². The van der Waals surface area contributed by atoms with Gasteiger partial charge in [0.05, 0.1) is 5.56 Å². The summed E-state index contributed by atoms with van der Waals surface area (Å²) in [5, 5.41) is 11.1. The molecule has 7 heteroatoms. The number of nitrogens with one attached hydrogen (secondary N) is 1. The summed E-state index contributed by atoms with van der Waals surface area (Å²) < 4.78 is 9.56. The SMILES string of the molecule is O=C(O)COc1ccc(NC(=O)c2ccc(=O)oc2)cc1. The van der Waals surface area contributed by atoms with E-state index in [-0.39, 0.29) is 5.56 Å². The first kappa shape index (κ1) is 14.3. The highest BCUT2D eigenvalue weighted by Gasteiger charge is 2.07. The number of benzene rings is 1. The molecule has 0 aliphatic rings. The fourth-order valence-corrected chi connectivity index (χ4v) is 1.47. The second-order valence-corrected chi connectivity index (χ2v) is 4.00. The van der Waals surface area contributed by atoms with E-state index < -0.39 is 24.1 Å². The van der Waals surface area contributed by atoms with Crippen molar-refractivity contribution in [1.82, 2.24) is 0 Å². The largest absolute Gasteiger partial charge is 0.482 e. The second kappa shape index (κ2) is 6.38. The zero-order valence-electron chi connectivity index (χ0n) is 10.7. The number of carbonyl (C=O) groups excluding carboxylic acids is 1. The summed E-state index contributed by atoms with van der Waals surface area (Å²) in [6, 6.07) is 8.69. The van der Waals surface area contributed by atoms with Crippen LogP contribution in [0.25, 0.3) is 0 Å². The number of carboxylic acid groups (broad SMARTS) is 1. The van der Waals surface area contributed by atoms with Gasteiger partial charge in [0.2, 0.25) is 0 Å². The third-order valence-electron chi connectivity index (χ3n) is 2.44. The molecule has 0 radical (unpaired) electrons. The smallest absolute Gasteiger partial charge is 0.341 e. The van der Waals surface area contributed by atoms with Crippen LogP contribution in [-0.2, 0) is 4.79 Å². The molecular formula is C14H11NO6. The standard InChI is InChI=1S/C14H11NO6/c16-12(17)8-20-11-4-2-10(3-5-11)15-14(19)9-1-6-13(18)21-7-9/h1-7H,8H2,(H,15,19)(H,16,17). The monoisotopic (exact) mass is 289 g/mol. The predicted octanol–water partition coefficient (Wildman–Crippen LogP) is 1.36. The Morgan fingerprint density at radius 2 is 1.86 bits per heavy atom. The van der Waals surface area contributed by atoms with Crippen LogP contribution in [0.1, 0.15) is 10.4 Å². The average Bonchev–Trinajstić information content (AvgIpc) is 2.47. The molecule has 1 aromatic carbocycles. The topological polar surface area (TPSA) is 106 Å². The maximum atomic E-state index is 11.8. The Morgan fingerprint density at radius 1 is 1.14 bits per heavy atom. The van der Waals surface area contributed by atoms with Crippen molar-refractivity contribution in [2.75, 3.05) is 11.9 Å². The van der Waals surface area contributed by atoms with Gasteiger partial charge in [-0.05, 0) is 30.3 Å². The van der Waals surface area contributed by atoms with E-state index in [9.17, 15) is 14.4 Å². The molecule has 0 spiro atoms. The van der Waals surface area contributed by atoms with Crippen molar-refractivity contribution in [3.63, 3.8) is 0 Å². The molecule has 1 aromatic heterocycles. The number of rotatable bonds is 5. The lowest BCUT2D eigenvalue weighted by Crippen LogP contribution is -2.13. The minimum absolute atomic E-state index is 0.209. The van der Waals surface area contributed by atoms with Crippen molar-refractivity contribution < 1.29 is 23.8 Å². The number of aliphatic carboxylic acids is 1. The first-order chi connectivity index (χ1) is 10.0. The van der Waals surface area contributed by atoms with Gasteiger partial charge in [0.15, 0.2) is 6.61 Å². The van der Waals surface area contributed by atoms with Crippen molar-refractivity contribution in [1.29, 1.82) is 0 Å². The molecule has 1 heterocycles. The van der Waals surface area contributed by atoms with Crippen molar-refractivity contribution in [2.45, 2.75) is 0 Å². The van der Waals surface area contributed by atoms with Crippen LogP contribution in [0.4, 0.5) is 5.69 Å². The molecule has 2 aromatic rings. The molecule has 7 nitrogen and oxygen atoms in total. The number of anilines is 1. The summed E-state index contributed by atoms with van der Waals surface area (Å²) in [5.74, 6) is -1.13. The molecule has 21 heavy (non-hydrogen) atoms. The highest BCUT2D eigenvalue weighted by Crippen LogP contribution is 2.16. The zero-order valence-corrected chi connectivity index (χ0v) is 10.7. The van der Waals surface area contributed by atoms with Crippen LogP contribution < -0.4 is 15.7 Å². The summed E-state index contributed by atoms with van der Waals surface area (Å²) in [6.07, 6.45) is 1.07. The van der Waals surface area contributed by atoms with E-state index in [1.165, 1.54) is 18.2 Å². The molecule has 0 atom stereocenters. The molecule has 0 saturated carbocycles. The Kier molecular flexibility index (Phi) is 4.35. The van der Waals surface area contributed by atoms with E-state index in [0.29, 0.717) is 11.4 Å². The number of amides is 1. The molecular weight excluding hydrogens is 278 g/mol. The highest BCUT2D eigenvalue weighted by atomic mass is 16.5. The van der Waals surface area contributed by atoms with Crippen LogP contribution in [0.5, 0.6) is 5.75 Å². The number of carboxylic acids is 1. The lowest BCUT2D eigenvalue weighted by atomic mass is 10.2. The van der Waals surface area contributed by atoms with Gasteiger partial charge in [-0.1, -0.05) is 0 Å². The van der Waals surface area contributed by atoms with Gasteiger partial charge < -0.3 is 19.6 Å². The third-order valence-corrected chi connectivity index (χ3v) is 2.44. The first-order valence-electron chi connectivity index (χ1n) is 5.89. The summed E-state index contributed by atoms with van der Waals surface area (Å²) in [4.78, 5) is 33.0. The zero-order chi connectivity index (χ0) is 15.2. The van der Waals surface area contributed by atoms with Crippen molar-refractivity contribution in [3.8, 4) is 5.75 Å². The fourth-order valence-electron chi connectivity index (χ4n) is 1.47. The number of hydrogen-bond donors (Lipinski definition) is 2. The minimum Gasteiger partial charge on any atom is -0.482 e. The Balaban J connectivity index is 1.99. The summed E-state index contributed by atoms with van der Waals surface area (Å²) in [7, 11) is 0. The van der Waals surface area contributed by atoms with Gasteiger partial charge in [0.25, 0.3) is 5.91 Å². The molecule has 0 saturated heterocycles. The van der Waals surface area contributed by atoms with Gasteiger partial charge in [0, 0.05) is 11.8 Å². The molecule has 2 rings (SSSR count). The Morgan fingerprint density at radius 3 is 2.43 bits per heavy atom. The highest BCUT2D eigenvalue weighted by molar-refractivity contribution is 6.03. The average molecular weight is 289 g/mol. The minimum atomic E-state index is -1.07. The van der Waals surface area contributed by atoms with Gasteiger partial charge in [0.1, 0.15) is 12.0 Å². The van der Waals surface area contributed by atoms with Gasteiger partial charge in [-0.3, -0.25) is 4.79 Å². The normalized spacial score (nSPS) is 9.90. The number of carbonyl (C=O) groups is 2. The van der Waals surface area contributed by atoms with E-state index in [0.717, 1.165) is 12.3 Å². The lowest BCUT2D eigenvalue weighted by Gasteiger charge is -2.06. The quantitative estimate of drug-likeness (QED) is 0.860. The van der Waals surface area contributed by atoms with E-state index in [1.54, 1.807) is 12.1 Å². The van der Waals surface area contributed by atoms with Crippen LogP contribution in [0.3, 0.4) is 0 Å². The van der Waals surface area contributed by atoms with E-state index >= 15 is 0 Å².